The number of amides is 1. The van der Waals surface area contributed by atoms with Crippen LogP contribution in [-0.2, 0) is 4.79 Å². The topological polar surface area (TPSA) is 45.2 Å². The van der Waals surface area contributed by atoms with Gasteiger partial charge < -0.3 is 10.2 Å². The molecule has 4 nitrogen and oxygen atoms in total. The van der Waals surface area contributed by atoms with E-state index in [0.717, 1.165) is 35.6 Å². The molecule has 118 valence electrons. The third kappa shape index (κ3) is 2.24. The molecule has 4 heteroatoms. The Morgan fingerprint density at radius 1 is 1.13 bits per heavy atom. The van der Waals surface area contributed by atoms with Gasteiger partial charge in [-0.2, -0.15) is 0 Å². The Labute approximate surface area is 135 Å². The minimum atomic E-state index is 0.201. The van der Waals surface area contributed by atoms with E-state index < -0.39 is 0 Å². The fraction of sp³-hybridized carbons (Fsp3) is 0.474. The molecule has 0 spiro atoms. The third-order valence-corrected chi connectivity index (χ3v) is 5.96. The average Bonchev–Trinajstić information content (AvgIpc) is 2.53. The van der Waals surface area contributed by atoms with Crippen LogP contribution in [0.15, 0.2) is 36.5 Å². The number of piperidine rings is 3. The first kappa shape index (κ1) is 13.5. The normalized spacial score (nSPS) is 34.7. The average molecular weight is 307 g/mol. The van der Waals surface area contributed by atoms with Crippen LogP contribution in [0.2, 0.25) is 0 Å². The number of fused-ring (bicyclic) bond motifs is 1. The Hall–Kier alpha value is -1.94. The summed E-state index contributed by atoms with van der Waals surface area (Å²) in [4.78, 5) is 19.8. The summed E-state index contributed by atoms with van der Waals surface area (Å²) in [7, 11) is 0. The smallest absolute Gasteiger partial charge is 0.228 e. The van der Waals surface area contributed by atoms with E-state index in [-0.39, 0.29) is 11.8 Å². The van der Waals surface area contributed by atoms with Crippen molar-refractivity contribution in [1.29, 1.82) is 0 Å². The molecule has 4 aliphatic rings. The molecular weight excluding hydrogens is 286 g/mol. The van der Waals surface area contributed by atoms with Gasteiger partial charge in [-0.25, -0.2) is 0 Å². The van der Waals surface area contributed by atoms with Gasteiger partial charge in [0.1, 0.15) is 0 Å². The molecule has 1 aromatic carbocycles. The highest BCUT2D eigenvalue weighted by atomic mass is 16.1. The minimum Gasteiger partial charge on any atom is -0.326 e. The highest BCUT2D eigenvalue weighted by Gasteiger charge is 2.50. The van der Waals surface area contributed by atoms with Crippen molar-refractivity contribution in [2.45, 2.75) is 12.8 Å². The van der Waals surface area contributed by atoms with E-state index >= 15 is 0 Å². The van der Waals surface area contributed by atoms with Gasteiger partial charge in [-0.15, -0.1) is 0 Å². The lowest BCUT2D eigenvalue weighted by Gasteiger charge is -2.55. The predicted octanol–water partition coefficient (Wildman–Crippen LogP) is 2.76. The molecule has 3 aliphatic heterocycles. The molecule has 1 saturated carbocycles. The Balaban J connectivity index is 1.38. The van der Waals surface area contributed by atoms with Crippen LogP contribution in [0.25, 0.3) is 10.9 Å². The highest BCUT2D eigenvalue weighted by molar-refractivity contribution is 5.95. The van der Waals surface area contributed by atoms with E-state index in [2.05, 4.69) is 15.2 Å². The van der Waals surface area contributed by atoms with Gasteiger partial charge in [0.25, 0.3) is 0 Å². The lowest BCUT2D eigenvalue weighted by atomic mass is 9.61. The molecule has 4 bridgehead atoms. The van der Waals surface area contributed by atoms with Crippen LogP contribution in [-0.4, -0.2) is 35.4 Å². The molecule has 6 rings (SSSR count). The van der Waals surface area contributed by atoms with Crippen LogP contribution in [0.5, 0.6) is 0 Å². The second-order valence-electron chi connectivity index (χ2n) is 7.50. The molecule has 4 heterocycles. The molecule has 2 atom stereocenters. The number of nitrogens with one attached hydrogen (secondary N) is 1. The maximum absolute atomic E-state index is 12.9. The third-order valence-electron chi connectivity index (χ3n) is 5.96. The number of pyridine rings is 1. The van der Waals surface area contributed by atoms with Crippen molar-refractivity contribution in [1.82, 2.24) is 9.88 Å². The minimum absolute atomic E-state index is 0.201. The van der Waals surface area contributed by atoms with Gasteiger partial charge in [-0.3, -0.25) is 9.78 Å². The van der Waals surface area contributed by atoms with Crippen molar-refractivity contribution in [3.63, 3.8) is 0 Å². The summed E-state index contributed by atoms with van der Waals surface area (Å²) in [5.74, 6) is 2.38. The van der Waals surface area contributed by atoms with Crippen LogP contribution < -0.4 is 5.32 Å². The second-order valence-corrected chi connectivity index (χ2v) is 7.50. The number of aromatic nitrogens is 1. The molecule has 1 aliphatic carbocycles. The molecule has 0 radical (unpaired) electrons. The molecule has 1 N–H and O–H groups in total. The zero-order valence-electron chi connectivity index (χ0n) is 13.1. The number of carbonyl (C=O) groups is 1. The van der Waals surface area contributed by atoms with Crippen molar-refractivity contribution in [3.8, 4) is 0 Å². The standard InChI is InChI=1S/C19H21N3O/c23-19(18-14-6-12-7-15(18)11-22(9-12)10-14)21-16-3-4-17-13(8-16)2-1-5-20-17/h1-5,8,12,14-15,18H,6-7,9-11H2,(H,21,23)/t12?,14-,15-,18?/m0/s1. The predicted molar refractivity (Wildman–Crippen MR) is 90.0 cm³/mol. The summed E-state index contributed by atoms with van der Waals surface area (Å²) >= 11 is 0. The fourth-order valence-corrected chi connectivity index (χ4v) is 5.22. The van der Waals surface area contributed by atoms with E-state index in [1.807, 2.05) is 30.3 Å². The van der Waals surface area contributed by atoms with Crippen molar-refractivity contribution in [2.24, 2.45) is 23.7 Å². The Kier molecular flexibility index (Phi) is 2.95. The number of benzene rings is 1. The van der Waals surface area contributed by atoms with E-state index in [9.17, 15) is 4.79 Å². The Morgan fingerprint density at radius 2 is 1.96 bits per heavy atom. The van der Waals surface area contributed by atoms with Gasteiger partial charge in [-0.05, 0) is 54.9 Å². The van der Waals surface area contributed by atoms with Gasteiger partial charge >= 0.3 is 0 Å². The summed E-state index contributed by atoms with van der Waals surface area (Å²) in [6.45, 7) is 3.50. The maximum atomic E-state index is 12.9. The molecule has 0 unspecified atom stereocenters. The number of hydrogen-bond donors (Lipinski definition) is 1. The van der Waals surface area contributed by atoms with Crippen LogP contribution in [0.1, 0.15) is 12.8 Å². The van der Waals surface area contributed by atoms with Crippen LogP contribution >= 0.6 is 0 Å². The van der Waals surface area contributed by atoms with E-state index in [1.54, 1.807) is 6.20 Å². The number of anilines is 1. The van der Waals surface area contributed by atoms with Crippen molar-refractivity contribution < 1.29 is 4.79 Å². The zero-order valence-corrected chi connectivity index (χ0v) is 13.1. The summed E-state index contributed by atoms with van der Waals surface area (Å²) in [6.07, 6.45) is 4.28. The lowest BCUT2D eigenvalue weighted by molar-refractivity contribution is -0.135. The maximum Gasteiger partial charge on any atom is 0.228 e. The summed E-state index contributed by atoms with van der Waals surface area (Å²) in [5, 5.41) is 4.25. The Bertz CT molecular complexity index is 744. The quantitative estimate of drug-likeness (QED) is 0.928. The Morgan fingerprint density at radius 3 is 2.74 bits per heavy atom. The van der Waals surface area contributed by atoms with Crippen LogP contribution in [0.4, 0.5) is 5.69 Å². The summed E-state index contributed by atoms with van der Waals surface area (Å²) in [5.41, 5.74) is 1.86. The molecule has 4 fully saturated rings. The largest absolute Gasteiger partial charge is 0.326 e. The van der Waals surface area contributed by atoms with Gasteiger partial charge in [-0.1, -0.05) is 6.07 Å². The van der Waals surface area contributed by atoms with Gasteiger partial charge in [0.05, 0.1) is 5.52 Å². The zero-order chi connectivity index (χ0) is 15.4. The monoisotopic (exact) mass is 307 g/mol. The van der Waals surface area contributed by atoms with E-state index in [0.29, 0.717) is 11.8 Å². The second kappa shape index (κ2) is 5.03. The van der Waals surface area contributed by atoms with Crippen molar-refractivity contribution in [2.75, 3.05) is 25.0 Å². The number of rotatable bonds is 2. The SMILES string of the molecule is O=C(Nc1ccc2ncccc2c1)C1[C@H]2CC3C[C@H]1CN(C3)C2. The van der Waals surface area contributed by atoms with Gasteiger partial charge in [0.2, 0.25) is 5.91 Å². The van der Waals surface area contributed by atoms with Crippen molar-refractivity contribution >= 4 is 22.5 Å². The van der Waals surface area contributed by atoms with E-state index in [1.165, 1.54) is 19.4 Å². The molecule has 3 saturated heterocycles. The number of carbonyl (C=O) groups excluding carboxylic acids is 1. The van der Waals surface area contributed by atoms with Gasteiger partial charge in [0.15, 0.2) is 0 Å². The van der Waals surface area contributed by atoms with Crippen molar-refractivity contribution in [3.05, 3.63) is 36.5 Å². The summed E-state index contributed by atoms with van der Waals surface area (Å²) < 4.78 is 0. The van der Waals surface area contributed by atoms with Gasteiger partial charge in [0, 0.05) is 42.8 Å². The number of hydrogen-bond acceptors (Lipinski definition) is 3. The summed E-state index contributed by atoms with van der Waals surface area (Å²) in [6, 6.07) is 9.94. The highest BCUT2D eigenvalue weighted by Crippen LogP contribution is 2.47. The fourth-order valence-electron chi connectivity index (χ4n) is 5.22. The van der Waals surface area contributed by atoms with Crippen LogP contribution in [0.3, 0.4) is 0 Å². The number of nitrogens with zero attached hydrogens (tertiary/aromatic N) is 2. The first-order valence-corrected chi connectivity index (χ1v) is 8.64. The lowest BCUT2D eigenvalue weighted by Crippen LogP contribution is -2.60. The first-order chi connectivity index (χ1) is 11.3. The molecule has 2 aromatic rings. The molecule has 1 aromatic heterocycles. The molecule has 23 heavy (non-hydrogen) atoms. The first-order valence-electron chi connectivity index (χ1n) is 8.64. The molecule has 1 amide bonds. The molecular formula is C19H21N3O. The van der Waals surface area contributed by atoms with Crippen LogP contribution in [0, 0.1) is 23.7 Å². The van der Waals surface area contributed by atoms with E-state index in [4.69, 9.17) is 0 Å².